The molecule has 5 heteroatoms. The van der Waals surface area contributed by atoms with Gasteiger partial charge in [0.15, 0.2) is 17.5 Å². The number of hydrogen-bond donors (Lipinski definition) is 0. The number of para-hydroxylation sites is 3. The monoisotopic (exact) mass is 864 g/mol. The lowest BCUT2D eigenvalue weighted by atomic mass is 9.88. The Morgan fingerprint density at radius 2 is 0.779 bits per heavy atom. The van der Waals surface area contributed by atoms with Crippen LogP contribution in [0.4, 0.5) is 0 Å². The summed E-state index contributed by atoms with van der Waals surface area (Å²) in [7, 11) is 0. The smallest absolute Gasteiger partial charge is 0.164 e. The van der Waals surface area contributed by atoms with E-state index >= 15 is 0 Å². The summed E-state index contributed by atoms with van der Waals surface area (Å²) in [4.78, 5) is 16.0. The van der Waals surface area contributed by atoms with Gasteiger partial charge in [-0.3, -0.25) is 0 Å². The Bertz CT molecular complexity index is 4550. The number of benzene rings is 11. The molecule has 15 aromatic rings. The van der Waals surface area contributed by atoms with Gasteiger partial charge in [-0.05, 0) is 97.0 Å². The van der Waals surface area contributed by atoms with Crippen molar-refractivity contribution in [1.82, 2.24) is 19.4 Å². The Kier molecular flexibility index (Phi) is 7.72. The van der Waals surface area contributed by atoms with Crippen LogP contribution >= 0.6 is 0 Å². The molecule has 0 saturated carbocycles. The first kappa shape index (κ1) is 37.1. The lowest BCUT2D eigenvalue weighted by Crippen LogP contribution is -2.01. The first-order valence-electron chi connectivity index (χ1n) is 23.1. The second-order valence-corrected chi connectivity index (χ2v) is 17.8. The number of hydrogen-bond acceptors (Lipinski definition) is 4. The summed E-state index contributed by atoms with van der Waals surface area (Å²) in [6.07, 6.45) is 0. The van der Waals surface area contributed by atoms with Crippen LogP contribution in [0.25, 0.3) is 149 Å². The Balaban J connectivity index is 0.984. The van der Waals surface area contributed by atoms with Crippen molar-refractivity contribution in [3.05, 3.63) is 218 Å². The molecule has 0 aliphatic carbocycles. The van der Waals surface area contributed by atoms with E-state index in [1.807, 2.05) is 36.4 Å². The summed E-state index contributed by atoms with van der Waals surface area (Å²) in [6.45, 7) is 0. The van der Waals surface area contributed by atoms with Crippen molar-refractivity contribution in [2.75, 3.05) is 0 Å². The third kappa shape index (κ3) is 5.35. The third-order valence-electron chi connectivity index (χ3n) is 14.2. The highest BCUT2D eigenvalue weighted by Crippen LogP contribution is 2.45. The fraction of sp³-hybridized carbons (Fsp3) is 0. The number of nitrogens with zero attached hydrogens (tertiary/aromatic N) is 4. The van der Waals surface area contributed by atoms with Gasteiger partial charge in [0.05, 0.1) is 16.6 Å². The lowest BCUT2D eigenvalue weighted by Gasteiger charge is -2.17. The molecule has 0 aliphatic heterocycles. The molecule has 0 amide bonds. The summed E-state index contributed by atoms with van der Waals surface area (Å²) in [6, 6.07) is 78.0. The summed E-state index contributed by atoms with van der Waals surface area (Å²) in [5.74, 6) is 1.83. The molecule has 0 spiro atoms. The first-order chi connectivity index (χ1) is 33.7. The van der Waals surface area contributed by atoms with Gasteiger partial charge < -0.3 is 8.82 Å². The molecular formula is C63H36N4O. The van der Waals surface area contributed by atoms with Crippen molar-refractivity contribution in [3.63, 3.8) is 0 Å². The van der Waals surface area contributed by atoms with Crippen LogP contribution in [0.1, 0.15) is 0 Å². The van der Waals surface area contributed by atoms with E-state index in [0.717, 1.165) is 66.3 Å². The third-order valence-corrected chi connectivity index (χ3v) is 14.2. The van der Waals surface area contributed by atoms with Gasteiger partial charge in [0.25, 0.3) is 0 Å². The van der Waals surface area contributed by atoms with Crippen LogP contribution in [-0.2, 0) is 0 Å². The Morgan fingerprint density at radius 3 is 1.51 bits per heavy atom. The summed E-state index contributed by atoms with van der Waals surface area (Å²) < 4.78 is 8.70. The fourth-order valence-corrected chi connectivity index (χ4v) is 11.1. The van der Waals surface area contributed by atoms with Crippen molar-refractivity contribution in [2.45, 2.75) is 0 Å². The normalized spacial score (nSPS) is 12.1. The molecule has 0 N–H and O–H groups in total. The van der Waals surface area contributed by atoms with E-state index in [4.69, 9.17) is 19.4 Å². The Labute approximate surface area is 389 Å². The van der Waals surface area contributed by atoms with Crippen molar-refractivity contribution < 1.29 is 4.42 Å². The molecule has 0 saturated heterocycles. The zero-order valence-corrected chi connectivity index (χ0v) is 36.5. The van der Waals surface area contributed by atoms with Gasteiger partial charge >= 0.3 is 0 Å². The highest BCUT2D eigenvalue weighted by molar-refractivity contribution is 6.27. The number of furan rings is 1. The molecular weight excluding hydrogens is 829 g/mol. The van der Waals surface area contributed by atoms with Gasteiger partial charge in [-0.15, -0.1) is 0 Å². The topological polar surface area (TPSA) is 56.2 Å². The highest BCUT2D eigenvalue weighted by Gasteiger charge is 2.22. The second-order valence-electron chi connectivity index (χ2n) is 17.8. The van der Waals surface area contributed by atoms with Gasteiger partial charge in [0.2, 0.25) is 0 Å². The number of fused-ring (bicyclic) bond motifs is 15. The molecule has 0 bridgehead atoms. The molecule has 4 aromatic heterocycles. The molecule has 4 heterocycles. The van der Waals surface area contributed by atoms with Gasteiger partial charge in [-0.25, -0.2) is 15.0 Å². The number of aromatic nitrogens is 4. The number of rotatable bonds is 5. The maximum atomic E-state index is 6.26. The Hall–Kier alpha value is -9.19. The predicted octanol–water partition coefficient (Wildman–Crippen LogP) is 16.7. The maximum absolute atomic E-state index is 6.26. The maximum Gasteiger partial charge on any atom is 0.164 e. The van der Waals surface area contributed by atoms with Crippen molar-refractivity contribution >= 4 is 92.4 Å². The molecule has 0 radical (unpaired) electrons. The van der Waals surface area contributed by atoms with E-state index in [2.05, 4.69) is 186 Å². The quantitative estimate of drug-likeness (QED) is 0.162. The minimum absolute atomic E-state index is 0.605. The minimum Gasteiger partial charge on any atom is -0.456 e. The molecule has 0 atom stereocenters. The van der Waals surface area contributed by atoms with E-state index in [0.29, 0.717) is 17.5 Å². The van der Waals surface area contributed by atoms with E-state index in [9.17, 15) is 0 Å². The molecule has 15 rings (SSSR count). The van der Waals surface area contributed by atoms with Crippen LogP contribution < -0.4 is 0 Å². The molecule has 0 fully saturated rings. The molecule has 314 valence electrons. The highest BCUT2D eigenvalue weighted by atomic mass is 16.3. The average Bonchev–Trinajstić information content (AvgIpc) is 4.08. The Morgan fingerprint density at radius 1 is 0.279 bits per heavy atom. The van der Waals surface area contributed by atoms with Crippen molar-refractivity contribution in [3.8, 4) is 56.4 Å². The SMILES string of the molecule is c1ccc(-c2nc(-c3ccc(-c4cccc5oc6ccccc6c45)cc3)nc(-c3cc4c5ccccc5c5ccccc5c4cc3-c3ccc4c(c3)c3cccc5c6ccccc6n4c53)n2)cc1. The fourth-order valence-electron chi connectivity index (χ4n) is 11.1. The van der Waals surface area contributed by atoms with E-state index < -0.39 is 0 Å². The molecule has 5 nitrogen and oxygen atoms in total. The van der Waals surface area contributed by atoms with E-state index in [-0.39, 0.29) is 0 Å². The lowest BCUT2D eigenvalue weighted by molar-refractivity contribution is 0.669. The van der Waals surface area contributed by atoms with Crippen molar-refractivity contribution in [1.29, 1.82) is 0 Å². The van der Waals surface area contributed by atoms with Gasteiger partial charge in [-0.2, -0.15) is 0 Å². The van der Waals surface area contributed by atoms with Gasteiger partial charge in [0.1, 0.15) is 11.2 Å². The van der Waals surface area contributed by atoms with E-state index in [1.54, 1.807) is 0 Å². The molecule has 68 heavy (non-hydrogen) atoms. The largest absolute Gasteiger partial charge is 0.456 e. The van der Waals surface area contributed by atoms with E-state index in [1.165, 1.54) is 65.0 Å². The zero-order valence-electron chi connectivity index (χ0n) is 36.5. The standard InChI is InChI=1S/C63H36N4O/c1-2-14-38(15-3-1)61-64-62(39-30-28-37(29-31-39)41-22-13-27-58-59(41)49-21-9-11-26-57(49)68-58)66-63(65-61)54-36-52-45-19-7-5-17-43(45)42-16-4-6-18-44(42)51(52)35-50(54)40-32-33-56-53(34-40)48-24-12-23-47-46-20-8-10-25-55(46)67(56)60(47)48/h1-36H. The van der Waals surface area contributed by atoms with Gasteiger partial charge in [-0.1, -0.05) is 176 Å². The molecule has 0 unspecified atom stereocenters. The zero-order chi connectivity index (χ0) is 44.5. The van der Waals surface area contributed by atoms with Crippen LogP contribution in [0.5, 0.6) is 0 Å². The van der Waals surface area contributed by atoms with Gasteiger partial charge in [0, 0.05) is 49.0 Å². The van der Waals surface area contributed by atoms with Crippen molar-refractivity contribution in [2.24, 2.45) is 0 Å². The van der Waals surface area contributed by atoms with Crippen LogP contribution in [0.3, 0.4) is 0 Å². The van der Waals surface area contributed by atoms with Crippen LogP contribution in [0.15, 0.2) is 223 Å². The summed E-state index contributed by atoms with van der Waals surface area (Å²) in [5, 5.41) is 14.4. The predicted molar refractivity (Wildman–Crippen MR) is 281 cm³/mol. The van der Waals surface area contributed by atoms with Crippen LogP contribution in [0.2, 0.25) is 0 Å². The summed E-state index contributed by atoms with van der Waals surface area (Å²) in [5.41, 5.74) is 12.5. The minimum atomic E-state index is 0.605. The molecule has 0 aliphatic rings. The average molecular weight is 865 g/mol. The molecule has 11 aromatic carbocycles. The summed E-state index contributed by atoms with van der Waals surface area (Å²) >= 11 is 0. The van der Waals surface area contributed by atoms with Crippen LogP contribution in [-0.4, -0.2) is 19.4 Å². The van der Waals surface area contributed by atoms with Crippen LogP contribution in [0, 0.1) is 0 Å². The second kappa shape index (κ2) is 14.2. The first-order valence-corrected chi connectivity index (χ1v) is 23.1.